The molecule has 0 aliphatic carbocycles. The van der Waals surface area contributed by atoms with Gasteiger partial charge in [0.1, 0.15) is 5.75 Å². The van der Waals surface area contributed by atoms with Gasteiger partial charge in [-0.05, 0) is 50.5 Å². The van der Waals surface area contributed by atoms with Crippen LogP contribution >= 0.6 is 11.8 Å². The van der Waals surface area contributed by atoms with Crippen molar-refractivity contribution in [1.82, 2.24) is 19.7 Å². The molecule has 0 spiro atoms. The third-order valence-electron chi connectivity index (χ3n) is 4.69. The number of carbonyl (C=O) groups excluding carboxylic acids is 2. The summed E-state index contributed by atoms with van der Waals surface area (Å²) >= 11 is 1.39. The van der Waals surface area contributed by atoms with Crippen molar-refractivity contribution in [3.63, 3.8) is 0 Å². The Hall–Kier alpha value is -3.02. The predicted octanol–water partition coefficient (Wildman–Crippen LogP) is 2.08. The van der Waals surface area contributed by atoms with Crippen LogP contribution in [0.2, 0.25) is 0 Å². The normalized spacial score (nSPS) is 11.5. The molecule has 1 heterocycles. The van der Waals surface area contributed by atoms with Crippen LogP contribution in [0, 0.1) is 0 Å². The third kappa shape index (κ3) is 6.99. The second-order valence-electron chi connectivity index (χ2n) is 7.89. The van der Waals surface area contributed by atoms with E-state index < -0.39 is 15.9 Å². The second-order valence-corrected chi connectivity index (χ2v) is 10.8. The fourth-order valence-electron chi connectivity index (χ4n) is 3.35. The number of nitrogens with one attached hydrogen (secondary N) is 2. The SMILES string of the molecule is CN(C)Cc1cc2cc(C(=O)NNC(=O)CSCCOc3ccccc3)ccc2n1S(C)(=O)=O. The van der Waals surface area contributed by atoms with E-state index in [9.17, 15) is 18.0 Å². The summed E-state index contributed by atoms with van der Waals surface area (Å²) in [4.78, 5) is 26.4. The van der Waals surface area contributed by atoms with E-state index >= 15 is 0 Å². The molecule has 34 heavy (non-hydrogen) atoms. The predicted molar refractivity (Wildman–Crippen MR) is 134 cm³/mol. The summed E-state index contributed by atoms with van der Waals surface area (Å²) in [5, 5.41) is 0.621. The van der Waals surface area contributed by atoms with Gasteiger partial charge >= 0.3 is 0 Å². The van der Waals surface area contributed by atoms with Gasteiger partial charge in [0, 0.05) is 28.9 Å². The molecule has 9 nitrogen and oxygen atoms in total. The van der Waals surface area contributed by atoms with E-state index in [0.29, 0.717) is 41.1 Å². The molecule has 11 heteroatoms. The minimum Gasteiger partial charge on any atom is -0.493 e. The fraction of sp³-hybridized carbons (Fsp3) is 0.304. The smallest absolute Gasteiger partial charge is 0.269 e. The molecule has 0 radical (unpaired) electrons. The van der Waals surface area contributed by atoms with E-state index in [1.807, 2.05) is 49.3 Å². The van der Waals surface area contributed by atoms with Gasteiger partial charge in [-0.2, -0.15) is 0 Å². The van der Waals surface area contributed by atoms with E-state index in [0.717, 1.165) is 12.0 Å². The number of aromatic nitrogens is 1. The summed E-state index contributed by atoms with van der Waals surface area (Å²) in [5.74, 6) is 0.740. The van der Waals surface area contributed by atoms with Crippen LogP contribution in [0.15, 0.2) is 54.6 Å². The van der Waals surface area contributed by atoms with Crippen LogP contribution in [0.4, 0.5) is 0 Å². The van der Waals surface area contributed by atoms with Crippen molar-refractivity contribution in [2.24, 2.45) is 0 Å². The van der Waals surface area contributed by atoms with Crippen LogP contribution in [0.1, 0.15) is 16.1 Å². The van der Waals surface area contributed by atoms with Gasteiger partial charge in [0.25, 0.3) is 5.91 Å². The molecule has 0 atom stereocenters. The van der Waals surface area contributed by atoms with Crippen molar-refractivity contribution in [3.05, 3.63) is 65.9 Å². The fourth-order valence-corrected chi connectivity index (χ4v) is 5.01. The number of ether oxygens (including phenoxy) is 1. The van der Waals surface area contributed by atoms with Gasteiger partial charge in [-0.3, -0.25) is 20.4 Å². The van der Waals surface area contributed by atoms with Crippen LogP contribution in [0.3, 0.4) is 0 Å². The van der Waals surface area contributed by atoms with Crippen molar-refractivity contribution >= 4 is 44.5 Å². The second kappa shape index (κ2) is 11.4. The Balaban J connectivity index is 1.53. The Kier molecular flexibility index (Phi) is 8.59. The molecule has 0 saturated heterocycles. The molecule has 3 rings (SSSR count). The van der Waals surface area contributed by atoms with Crippen LogP contribution in [-0.2, 0) is 21.4 Å². The number of para-hydroxylation sites is 1. The van der Waals surface area contributed by atoms with E-state index in [1.165, 1.54) is 21.8 Å². The number of thioether (sulfide) groups is 1. The largest absolute Gasteiger partial charge is 0.493 e. The monoisotopic (exact) mass is 504 g/mol. The highest BCUT2D eigenvalue weighted by Gasteiger charge is 2.18. The number of amides is 2. The van der Waals surface area contributed by atoms with Crippen molar-refractivity contribution in [1.29, 1.82) is 0 Å². The van der Waals surface area contributed by atoms with Gasteiger partial charge in [-0.1, -0.05) is 18.2 Å². The topological polar surface area (TPSA) is 110 Å². The van der Waals surface area contributed by atoms with Crippen LogP contribution in [0.5, 0.6) is 5.75 Å². The average Bonchev–Trinajstić information content (AvgIpc) is 3.14. The number of hydrogen-bond donors (Lipinski definition) is 2. The lowest BCUT2D eigenvalue weighted by atomic mass is 10.1. The average molecular weight is 505 g/mol. The zero-order valence-electron chi connectivity index (χ0n) is 19.3. The van der Waals surface area contributed by atoms with Gasteiger partial charge in [0.05, 0.1) is 24.1 Å². The van der Waals surface area contributed by atoms with Gasteiger partial charge in [-0.25, -0.2) is 12.4 Å². The standard InChI is InChI=1S/C23H28N4O5S2/c1-26(2)15-19-14-18-13-17(9-10-21(18)27(19)34(3,30)31)23(29)25-24-22(28)16-33-12-11-32-20-7-5-4-6-8-20/h4-10,13-14H,11-12,15-16H2,1-3H3,(H,24,28)(H,25,29). The van der Waals surface area contributed by atoms with Crippen molar-refractivity contribution in [2.75, 3.05) is 38.5 Å². The summed E-state index contributed by atoms with van der Waals surface area (Å²) in [5.41, 5.74) is 6.19. The number of hydrogen-bond acceptors (Lipinski definition) is 7. The van der Waals surface area contributed by atoms with Crippen LogP contribution in [0.25, 0.3) is 10.9 Å². The van der Waals surface area contributed by atoms with Gasteiger partial charge in [-0.15, -0.1) is 11.8 Å². The first kappa shape index (κ1) is 25.6. The number of carbonyl (C=O) groups is 2. The Morgan fingerprint density at radius 3 is 2.47 bits per heavy atom. The van der Waals surface area contributed by atoms with Crippen molar-refractivity contribution in [3.8, 4) is 5.75 Å². The molecule has 0 saturated carbocycles. The highest BCUT2D eigenvalue weighted by atomic mass is 32.2. The lowest BCUT2D eigenvalue weighted by Gasteiger charge is -2.12. The Morgan fingerprint density at radius 2 is 1.79 bits per heavy atom. The van der Waals surface area contributed by atoms with Crippen molar-refractivity contribution in [2.45, 2.75) is 6.54 Å². The van der Waals surface area contributed by atoms with Gasteiger partial charge in [0.15, 0.2) is 0 Å². The third-order valence-corrected chi connectivity index (χ3v) is 6.71. The summed E-state index contributed by atoms with van der Waals surface area (Å²) in [7, 11) is 0.171. The first-order chi connectivity index (χ1) is 16.1. The molecule has 2 N–H and O–H groups in total. The van der Waals surface area contributed by atoms with Crippen LogP contribution in [-0.4, -0.2) is 67.6 Å². The Morgan fingerprint density at radius 1 is 1.06 bits per heavy atom. The summed E-state index contributed by atoms with van der Waals surface area (Å²) in [6.45, 7) is 0.894. The van der Waals surface area contributed by atoms with E-state index in [1.54, 1.807) is 18.2 Å². The summed E-state index contributed by atoms with van der Waals surface area (Å²) in [6, 6.07) is 15.9. The number of benzene rings is 2. The zero-order valence-corrected chi connectivity index (χ0v) is 20.9. The highest BCUT2D eigenvalue weighted by Crippen LogP contribution is 2.24. The van der Waals surface area contributed by atoms with Gasteiger partial charge < -0.3 is 9.64 Å². The highest BCUT2D eigenvalue weighted by molar-refractivity contribution is 7.99. The molecule has 0 unspecified atom stereocenters. The van der Waals surface area contributed by atoms with Gasteiger partial charge in [0.2, 0.25) is 15.9 Å². The number of rotatable bonds is 10. The molecule has 0 fully saturated rings. The van der Waals surface area contributed by atoms with Crippen LogP contribution < -0.4 is 15.6 Å². The molecular weight excluding hydrogens is 476 g/mol. The Bertz CT molecular complexity index is 1260. The lowest BCUT2D eigenvalue weighted by molar-refractivity contribution is -0.119. The molecule has 0 bridgehead atoms. The molecule has 2 amide bonds. The molecule has 0 aliphatic heterocycles. The maximum absolute atomic E-state index is 12.5. The maximum Gasteiger partial charge on any atom is 0.269 e. The van der Waals surface area contributed by atoms with E-state index in [2.05, 4.69) is 10.9 Å². The minimum absolute atomic E-state index is 0.169. The summed E-state index contributed by atoms with van der Waals surface area (Å²) < 4.78 is 31.5. The van der Waals surface area contributed by atoms with Crippen molar-refractivity contribution < 1.29 is 22.7 Å². The number of nitrogens with zero attached hydrogens (tertiary/aromatic N) is 2. The molecule has 182 valence electrons. The first-order valence-electron chi connectivity index (χ1n) is 10.5. The maximum atomic E-state index is 12.5. The van der Waals surface area contributed by atoms with E-state index in [-0.39, 0.29) is 11.7 Å². The number of hydrazine groups is 1. The Labute approximate surface area is 203 Å². The minimum atomic E-state index is -3.52. The lowest BCUT2D eigenvalue weighted by Crippen LogP contribution is -2.42. The number of fused-ring (bicyclic) bond motifs is 1. The molecule has 1 aromatic heterocycles. The molecular formula is C23H28N4O5S2. The first-order valence-corrected chi connectivity index (χ1v) is 13.5. The molecule has 2 aromatic carbocycles. The van der Waals surface area contributed by atoms with E-state index in [4.69, 9.17) is 4.74 Å². The summed E-state index contributed by atoms with van der Waals surface area (Å²) in [6.07, 6.45) is 1.15. The quantitative estimate of drug-likeness (QED) is 0.321. The molecule has 0 aliphatic rings. The zero-order chi connectivity index (χ0) is 24.7. The molecule has 3 aromatic rings.